The molecule has 0 spiro atoms. The van der Waals surface area contributed by atoms with Crippen LogP contribution in [0.3, 0.4) is 0 Å². The Hall–Kier alpha value is -3.94. The first-order valence-electron chi connectivity index (χ1n) is 10.7. The predicted octanol–water partition coefficient (Wildman–Crippen LogP) is 3.41. The zero-order valence-corrected chi connectivity index (χ0v) is 19.3. The highest BCUT2D eigenvalue weighted by Gasteiger charge is 2.16. The van der Waals surface area contributed by atoms with E-state index in [1.165, 1.54) is 0 Å². The Balaban J connectivity index is 1.47. The second-order valence-electron chi connectivity index (χ2n) is 7.82. The first-order valence-corrected chi connectivity index (χ1v) is 10.7. The molecule has 0 atom stereocenters. The van der Waals surface area contributed by atoms with E-state index >= 15 is 0 Å². The number of ether oxygens (including phenoxy) is 1. The Kier molecular flexibility index (Phi) is 7.61. The monoisotopic (exact) mass is 448 g/mol. The molecule has 8 nitrogen and oxygen atoms in total. The highest BCUT2D eigenvalue weighted by atomic mass is 16.5. The Labute approximate surface area is 193 Å². The minimum absolute atomic E-state index is 0.0334. The van der Waals surface area contributed by atoms with Gasteiger partial charge in [0.1, 0.15) is 0 Å². The summed E-state index contributed by atoms with van der Waals surface area (Å²) in [7, 11) is 0. The second-order valence-corrected chi connectivity index (χ2v) is 7.82. The first kappa shape index (κ1) is 23.7. The molecular formula is C25H28N4O4. The van der Waals surface area contributed by atoms with Crippen molar-refractivity contribution in [3.63, 3.8) is 0 Å². The lowest BCUT2D eigenvalue weighted by molar-refractivity contribution is -0.147. The highest BCUT2D eigenvalue weighted by molar-refractivity contribution is 5.96. The summed E-state index contributed by atoms with van der Waals surface area (Å²) < 4.78 is 6.80. The molecular weight excluding hydrogens is 420 g/mol. The van der Waals surface area contributed by atoms with Crippen LogP contribution in [0.1, 0.15) is 39.3 Å². The van der Waals surface area contributed by atoms with Crippen LogP contribution in [0, 0.1) is 27.7 Å². The number of anilines is 1. The highest BCUT2D eigenvalue weighted by Crippen LogP contribution is 2.23. The molecule has 0 aliphatic rings. The third-order valence-corrected chi connectivity index (χ3v) is 5.20. The van der Waals surface area contributed by atoms with Gasteiger partial charge in [0, 0.05) is 12.1 Å². The molecule has 2 amide bonds. The summed E-state index contributed by atoms with van der Waals surface area (Å²) in [5.74, 6) is -1.28. The summed E-state index contributed by atoms with van der Waals surface area (Å²) >= 11 is 0. The fraction of sp³-hybridized carbons (Fsp3) is 0.280. The standard InChI is InChI=1S/C25H28N4O4/c1-16-9-11-20(12-10-16)29-19(4)24(18(3)28-29)27-22(30)15-33-23(31)13-14-26-25(32)21-8-6-5-7-17(21)2/h5-12H,13-15H2,1-4H3,(H,26,32)(H,27,30). The summed E-state index contributed by atoms with van der Waals surface area (Å²) in [5.41, 5.74) is 5.46. The molecule has 2 aromatic carbocycles. The number of aryl methyl sites for hydroxylation is 3. The van der Waals surface area contributed by atoms with Crippen LogP contribution in [-0.2, 0) is 14.3 Å². The fourth-order valence-electron chi connectivity index (χ4n) is 3.36. The van der Waals surface area contributed by atoms with Crippen molar-refractivity contribution in [2.75, 3.05) is 18.5 Å². The van der Waals surface area contributed by atoms with Crippen molar-refractivity contribution < 1.29 is 19.1 Å². The maximum atomic E-state index is 12.3. The largest absolute Gasteiger partial charge is 0.456 e. The van der Waals surface area contributed by atoms with Gasteiger partial charge in [-0.05, 0) is 51.5 Å². The van der Waals surface area contributed by atoms with Crippen LogP contribution in [0.5, 0.6) is 0 Å². The molecule has 0 saturated heterocycles. The molecule has 3 rings (SSSR count). The lowest BCUT2D eigenvalue weighted by atomic mass is 10.1. The number of nitrogens with zero attached hydrogens (tertiary/aromatic N) is 2. The molecule has 0 bridgehead atoms. The van der Waals surface area contributed by atoms with Crippen LogP contribution in [-0.4, -0.2) is 40.7 Å². The summed E-state index contributed by atoms with van der Waals surface area (Å²) in [6, 6.07) is 15.1. The summed E-state index contributed by atoms with van der Waals surface area (Å²) in [6.45, 7) is 7.22. The van der Waals surface area contributed by atoms with Gasteiger partial charge in [0.15, 0.2) is 6.61 Å². The van der Waals surface area contributed by atoms with Crippen LogP contribution in [0.15, 0.2) is 48.5 Å². The fourth-order valence-corrected chi connectivity index (χ4v) is 3.36. The smallest absolute Gasteiger partial charge is 0.308 e. The van der Waals surface area contributed by atoms with Gasteiger partial charge in [0.25, 0.3) is 11.8 Å². The number of benzene rings is 2. The number of amides is 2. The van der Waals surface area contributed by atoms with E-state index in [2.05, 4.69) is 15.7 Å². The molecule has 3 aromatic rings. The van der Waals surface area contributed by atoms with Gasteiger partial charge >= 0.3 is 5.97 Å². The van der Waals surface area contributed by atoms with E-state index in [1.54, 1.807) is 23.7 Å². The van der Waals surface area contributed by atoms with Gasteiger partial charge in [-0.1, -0.05) is 35.9 Å². The van der Waals surface area contributed by atoms with Gasteiger partial charge in [-0.25, -0.2) is 4.68 Å². The molecule has 0 radical (unpaired) electrons. The second kappa shape index (κ2) is 10.6. The molecule has 0 aliphatic carbocycles. The van der Waals surface area contributed by atoms with E-state index in [9.17, 15) is 14.4 Å². The maximum Gasteiger partial charge on any atom is 0.308 e. The zero-order valence-electron chi connectivity index (χ0n) is 19.3. The molecule has 0 unspecified atom stereocenters. The molecule has 1 heterocycles. The Morgan fingerprint density at radius 1 is 0.970 bits per heavy atom. The van der Waals surface area contributed by atoms with Crippen LogP contribution in [0.2, 0.25) is 0 Å². The van der Waals surface area contributed by atoms with Gasteiger partial charge in [-0.15, -0.1) is 0 Å². The normalized spacial score (nSPS) is 10.5. The zero-order chi connectivity index (χ0) is 24.0. The number of rotatable bonds is 8. The minimum Gasteiger partial charge on any atom is -0.456 e. The number of carbonyl (C=O) groups excluding carboxylic acids is 3. The number of nitrogens with one attached hydrogen (secondary N) is 2. The Morgan fingerprint density at radius 2 is 1.67 bits per heavy atom. The van der Waals surface area contributed by atoms with E-state index in [-0.39, 0.29) is 18.9 Å². The van der Waals surface area contributed by atoms with Crippen molar-refractivity contribution >= 4 is 23.5 Å². The molecule has 1 aromatic heterocycles. The molecule has 0 saturated carbocycles. The molecule has 172 valence electrons. The number of aromatic nitrogens is 2. The number of carbonyl (C=O) groups is 3. The molecule has 8 heteroatoms. The van der Waals surface area contributed by atoms with E-state index in [1.807, 2.05) is 57.2 Å². The number of esters is 1. The predicted molar refractivity (Wildman–Crippen MR) is 125 cm³/mol. The maximum absolute atomic E-state index is 12.3. The average Bonchev–Trinajstić information content (AvgIpc) is 3.06. The van der Waals surface area contributed by atoms with Gasteiger partial charge in [0.05, 0.1) is 29.2 Å². The number of hydrogen-bond donors (Lipinski definition) is 2. The van der Waals surface area contributed by atoms with E-state index in [4.69, 9.17) is 4.74 Å². The quantitative estimate of drug-likeness (QED) is 0.514. The van der Waals surface area contributed by atoms with E-state index in [0.29, 0.717) is 16.9 Å². The van der Waals surface area contributed by atoms with Gasteiger partial charge in [-0.2, -0.15) is 5.10 Å². The lowest BCUT2D eigenvalue weighted by Gasteiger charge is -2.09. The SMILES string of the molecule is Cc1ccc(-n2nc(C)c(NC(=O)COC(=O)CCNC(=O)c3ccccc3C)c2C)cc1. The van der Waals surface area contributed by atoms with Gasteiger partial charge in [-0.3, -0.25) is 14.4 Å². The van der Waals surface area contributed by atoms with Crippen molar-refractivity contribution in [1.82, 2.24) is 15.1 Å². The summed E-state index contributed by atoms with van der Waals surface area (Å²) in [4.78, 5) is 36.5. The first-order chi connectivity index (χ1) is 15.8. The van der Waals surface area contributed by atoms with Crippen molar-refractivity contribution in [2.45, 2.75) is 34.1 Å². The van der Waals surface area contributed by atoms with Crippen LogP contribution >= 0.6 is 0 Å². The molecule has 33 heavy (non-hydrogen) atoms. The molecule has 0 aliphatic heterocycles. The molecule has 0 fully saturated rings. The van der Waals surface area contributed by atoms with Crippen LogP contribution in [0.25, 0.3) is 5.69 Å². The van der Waals surface area contributed by atoms with Crippen molar-refractivity contribution in [3.8, 4) is 5.69 Å². The number of hydrogen-bond acceptors (Lipinski definition) is 5. The van der Waals surface area contributed by atoms with E-state index in [0.717, 1.165) is 22.5 Å². The van der Waals surface area contributed by atoms with Gasteiger partial charge < -0.3 is 15.4 Å². The molecule has 2 N–H and O–H groups in total. The third-order valence-electron chi connectivity index (χ3n) is 5.20. The van der Waals surface area contributed by atoms with E-state index < -0.39 is 18.5 Å². The minimum atomic E-state index is -0.570. The van der Waals surface area contributed by atoms with Crippen molar-refractivity contribution in [3.05, 3.63) is 76.6 Å². The van der Waals surface area contributed by atoms with Crippen molar-refractivity contribution in [1.29, 1.82) is 0 Å². The summed E-state index contributed by atoms with van der Waals surface area (Å²) in [6.07, 6.45) is -0.0334. The Bertz CT molecular complexity index is 1170. The van der Waals surface area contributed by atoms with Gasteiger partial charge in [0.2, 0.25) is 0 Å². The lowest BCUT2D eigenvalue weighted by Crippen LogP contribution is -2.28. The van der Waals surface area contributed by atoms with Crippen LogP contribution < -0.4 is 10.6 Å². The van der Waals surface area contributed by atoms with Crippen molar-refractivity contribution in [2.24, 2.45) is 0 Å². The summed E-state index contributed by atoms with van der Waals surface area (Å²) in [5, 5.41) is 9.95. The average molecular weight is 449 g/mol. The Morgan fingerprint density at radius 3 is 2.36 bits per heavy atom. The van der Waals surface area contributed by atoms with Crippen LogP contribution in [0.4, 0.5) is 5.69 Å². The topological polar surface area (TPSA) is 102 Å². The third kappa shape index (κ3) is 6.06.